The van der Waals surface area contributed by atoms with Crippen LogP contribution in [-0.4, -0.2) is 15.3 Å². The molecule has 0 saturated heterocycles. The van der Waals surface area contributed by atoms with Gasteiger partial charge in [0.2, 0.25) is 0 Å². The van der Waals surface area contributed by atoms with Crippen LogP contribution in [0, 0.1) is 0 Å². The molecule has 0 aliphatic heterocycles. The van der Waals surface area contributed by atoms with Gasteiger partial charge in [0.25, 0.3) is 5.56 Å². The predicted octanol–water partition coefficient (Wildman–Crippen LogP) is 3.43. The van der Waals surface area contributed by atoms with Gasteiger partial charge in [0, 0.05) is 29.2 Å². The molecule has 0 bridgehead atoms. The van der Waals surface area contributed by atoms with Gasteiger partial charge in [-0.25, -0.2) is 4.98 Å². The molecule has 104 valence electrons. The van der Waals surface area contributed by atoms with Crippen LogP contribution in [0.5, 0.6) is 0 Å². The van der Waals surface area contributed by atoms with Gasteiger partial charge in [-0.1, -0.05) is 28.1 Å². The molecule has 0 unspecified atom stereocenters. The van der Waals surface area contributed by atoms with Crippen molar-refractivity contribution in [3.63, 3.8) is 0 Å². The van der Waals surface area contributed by atoms with Crippen LogP contribution in [0.15, 0.2) is 50.5 Å². The number of carbonyl (C=O) groups excluding carboxylic acids is 1. The lowest BCUT2D eigenvalue weighted by Gasteiger charge is -2.05. The normalized spacial score (nSPS) is 10.5. The monoisotopic (exact) mass is 398 g/mol. The summed E-state index contributed by atoms with van der Waals surface area (Å²) < 4.78 is 2.87. The third-order valence-electron chi connectivity index (χ3n) is 2.83. The van der Waals surface area contributed by atoms with E-state index in [4.69, 9.17) is 0 Å². The maximum absolute atomic E-state index is 12.0. The highest BCUT2D eigenvalue weighted by atomic mass is 79.9. The smallest absolute Gasteiger partial charge is 0.267 e. The van der Waals surface area contributed by atoms with E-state index in [1.54, 1.807) is 12.1 Å². The fourth-order valence-electron chi connectivity index (χ4n) is 1.77. The second-order valence-corrected chi connectivity index (χ2v) is 6.04. The lowest BCUT2D eigenvalue weighted by atomic mass is 10.1. The molecule has 0 aliphatic rings. The molecule has 1 aromatic carbocycles. The standard InChI is InChI=1S/C14H12Br2N2O2/c15-11-5-3-10(4-6-11)13(19)2-1-7-18-9-17-8-12(16)14(18)20/h3-6,8-9H,1-2,7H2. The minimum atomic E-state index is -0.129. The number of rotatable bonds is 5. The average molecular weight is 400 g/mol. The van der Waals surface area contributed by atoms with Crippen LogP contribution in [0.1, 0.15) is 23.2 Å². The molecule has 0 N–H and O–H groups in total. The van der Waals surface area contributed by atoms with Crippen molar-refractivity contribution in [3.8, 4) is 0 Å². The van der Waals surface area contributed by atoms with Crippen LogP contribution in [-0.2, 0) is 6.54 Å². The lowest BCUT2D eigenvalue weighted by molar-refractivity contribution is 0.0978. The molecule has 6 heteroatoms. The van der Waals surface area contributed by atoms with Gasteiger partial charge >= 0.3 is 0 Å². The van der Waals surface area contributed by atoms with Crippen molar-refractivity contribution >= 4 is 37.6 Å². The van der Waals surface area contributed by atoms with Gasteiger partial charge in [-0.05, 0) is 34.5 Å². The Hall–Kier alpha value is -1.27. The Balaban J connectivity index is 1.93. The van der Waals surface area contributed by atoms with Gasteiger partial charge < -0.3 is 0 Å². The molecule has 0 spiro atoms. The Morgan fingerprint density at radius 3 is 2.60 bits per heavy atom. The Labute approximate surface area is 133 Å². The fourth-order valence-corrected chi connectivity index (χ4v) is 2.38. The summed E-state index contributed by atoms with van der Waals surface area (Å²) in [5.41, 5.74) is 0.559. The van der Waals surface area contributed by atoms with Crippen molar-refractivity contribution in [1.29, 1.82) is 0 Å². The number of carbonyl (C=O) groups is 1. The first-order chi connectivity index (χ1) is 9.58. The molecule has 0 aliphatic carbocycles. The highest BCUT2D eigenvalue weighted by Gasteiger charge is 2.06. The molecule has 20 heavy (non-hydrogen) atoms. The molecule has 0 fully saturated rings. The van der Waals surface area contributed by atoms with E-state index in [0.29, 0.717) is 29.4 Å². The van der Waals surface area contributed by atoms with E-state index in [-0.39, 0.29) is 11.3 Å². The zero-order chi connectivity index (χ0) is 14.5. The predicted molar refractivity (Wildman–Crippen MR) is 83.9 cm³/mol. The molecule has 0 atom stereocenters. The van der Waals surface area contributed by atoms with E-state index in [2.05, 4.69) is 36.8 Å². The van der Waals surface area contributed by atoms with Gasteiger partial charge in [-0.15, -0.1) is 0 Å². The third-order valence-corrected chi connectivity index (χ3v) is 3.90. The van der Waals surface area contributed by atoms with Crippen molar-refractivity contribution in [1.82, 2.24) is 9.55 Å². The number of Topliss-reactive ketones (excluding diaryl/α,β-unsaturated/α-hetero) is 1. The molecule has 1 aromatic heterocycles. The summed E-state index contributed by atoms with van der Waals surface area (Å²) >= 11 is 6.47. The Morgan fingerprint density at radius 2 is 1.90 bits per heavy atom. The van der Waals surface area contributed by atoms with E-state index in [1.165, 1.54) is 17.1 Å². The van der Waals surface area contributed by atoms with Gasteiger partial charge in [0.15, 0.2) is 5.78 Å². The summed E-state index contributed by atoms with van der Waals surface area (Å²) in [5, 5.41) is 0. The number of nitrogens with zero attached hydrogens (tertiary/aromatic N) is 2. The van der Waals surface area contributed by atoms with Crippen LogP contribution in [0.2, 0.25) is 0 Å². The van der Waals surface area contributed by atoms with Gasteiger partial charge in [-0.3, -0.25) is 14.2 Å². The SMILES string of the molecule is O=C(CCCn1cncc(Br)c1=O)c1ccc(Br)cc1. The summed E-state index contributed by atoms with van der Waals surface area (Å²) in [6.07, 6.45) is 3.95. The molecule has 0 saturated carbocycles. The minimum absolute atomic E-state index is 0.0773. The van der Waals surface area contributed by atoms with E-state index >= 15 is 0 Å². The average Bonchev–Trinajstić information content (AvgIpc) is 2.44. The number of hydrogen-bond acceptors (Lipinski definition) is 3. The number of benzene rings is 1. The first kappa shape index (κ1) is 15.1. The highest BCUT2D eigenvalue weighted by molar-refractivity contribution is 9.10. The number of aryl methyl sites for hydroxylation is 1. The zero-order valence-electron chi connectivity index (χ0n) is 10.6. The zero-order valence-corrected chi connectivity index (χ0v) is 13.7. The van der Waals surface area contributed by atoms with Gasteiger partial charge in [-0.2, -0.15) is 0 Å². The molecule has 0 amide bonds. The number of halogens is 2. The summed E-state index contributed by atoms with van der Waals surface area (Å²) in [4.78, 5) is 27.6. The van der Waals surface area contributed by atoms with Crippen molar-refractivity contribution < 1.29 is 4.79 Å². The Morgan fingerprint density at radius 1 is 1.20 bits per heavy atom. The van der Waals surface area contributed by atoms with Crippen LogP contribution >= 0.6 is 31.9 Å². The number of hydrogen-bond donors (Lipinski definition) is 0. The summed E-state index contributed by atoms with van der Waals surface area (Å²) in [6, 6.07) is 7.27. The Kier molecular flexibility index (Phi) is 5.25. The van der Waals surface area contributed by atoms with Crippen molar-refractivity contribution in [2.24, 2.45) is 0 Å². The number of ketones is 1. The molecule has 1 heterocycles. The van der Waals surface area contributed by atoms with Crippen LogP contribution in [0.25, 0.3) is 0 Å². The van der Waals surface area contributed by atoms with E-state index < -0.39 is 0 Å². The first-order valence-corrected chi connectivity index (χ1v) is 7.65. The van der Waals surface area contributed by atoms with Crippen molar-refractivity contribution in [2.45, 2.75) is 19.4 Å². The molecule has 4 nitrogen and oxygen atoms in total. The molecular formula is C14H12Br2N2O2. The van der Waals surface area contributed by atoms with E-state index in [1.807, 2.05) is 12.1 Å². The minimum Gasteiger partial charge on any atom is -0.298 e. The summed E-state index contributed by atoms with van der Waals surface area (Å²) in [6.45, 7) is 0.480. The highest BCUT2D eigenvalue weighted by Crippen LogP contribution is 2.12. The third kappa shape index (κ3) is 3.86. The fraction of sp³-hybridized carbons (Fsp3) is 0.214. The number of aromatic nitrogens is 2. The maximum atomic E-state index is 12.0. The maximum Gasteiger partial charge on any atom is 0.267 e. The lowest BCUT2D eigenvalue weighted by Crippen LogP contribution is -2.21. The second kappa shape index (κ2) is 6.95. The second-order valence-electron chi connectivity index (χ2n) is 4.27. The molecular weight excluding hydrogens is 388 g/mol. The first-order valence-electron chi connectivity index (χ1n) is 6.06. The van der Waals surface area contributed by atoms with Gasteiger partial charge in [0.05, 0.1) is 6.33 Å². The largest absolute Gasteiger partial charge is 0.298 e. The summed E-state index contributed by atoms with van der Waals surface area (Å²) in [5.74, 6) is 0.0773. The van der Waals surface area contributed by atoms with Crippen molar-refractivity contribution in [2.75, 3.05) is 0 Å². The van der Waals surface area contributed by atoms with Gasteiger partial charge in [0.1, 0.15) is 4.47 Å². The van der Waals surface area contributed by atoms with Crippen LogP contribution in [0.4, 0.5) is 0 Å². The molecule has 2 rings (SSSR count). The Bertz CT molecular complexity index is 666. The van der Waals surface area contributed by atoms with Crippen LogP contribution in [0.3, 0.4) is 0 Å². The quantitative estimate of drug-likeness (QED) is 0.723. The summed E-state index contributed by atoms with van der Waals surface area (Å²) in [7, 11) is 0. The topological polar surface area (TPSA) is 52.0 Å². The van der Waals surface area contributed by atoms with Crippen LogP contribution < -0.4 is 5.56 Å². The van der Waals surface area contributed by atoms with Crippen molar-refractivity contribution in [3.05, 3.63) is 61.7 Å². The molecule has 2 aromatic rings. The molecule has 0 radical (unpaired) electrons. The van der Waals surface area contributed by atoms with E-state index in [0.717, 1.165) is 4.47 Å². The van der Waals surface area contributed by atoms with E-state index in [9.17, 15) is 9.59 Å².